The zero-order valence-electron chi connectivity index (χ0n) is 10.2. The molecule has 2 N–H and O–H groups in total. The van der Waals surface area contributed by atoms with Gasteiger partial charge in [0.2, 0.25) is 0 Å². The molecule has 2 unspecified atom stereocenters. The molecule has 100 valence electrons. The summed E-state index contributed by atoms with van der Waals surface area (Å²) in [5, 5.41) is 4.27. The van der Waals surface area contributed by atoms with E-state index in [-0.39, 0.29) is 0 Å². The van der Waals surface area contributed by atoms with Gasteiger partial charge in [-0.25, -0.2) is 14.4 Å². The molecule has 0 aliphatic carbocycles. The SMILES string of the molecule is FC1(I)CNC12CCN(c1ncnc3[nH]ccc13)C2. The second-order valence-corrected chi connectivity index (χ2v) is 6.96. The van der Waals surface area contributed by atoms with E-state index < -0.39 is 9.21 Å². The minimum Gasteiger partial charge on any atom is -0.354 e. The van der Waals surface area contributed by atoms with E-state index in [9.17, 15) is 4.39 Å². The summed E-state index contributed by atoms with van der Waals surface area (Å²) in [6.07, 6.45) is 4.22. The minimum atomic E-state index is -1.15. The lowest BCUT2D eigenvalue weighted by Crippen LogP contribution is -2.73. The topological polar surface area (TPSA) is 56.8 Å². The van der Waals surface area contributed by atoms with E-state index in [1.165, 1.54) is 0 Å². The third-order valence-electron chi connectivity index (χ3n) is 4.25. The number of aromatic nitrogens is 3. The van der Waals surface area contributed by atoms with E-state index in [0.717, 1.165) is 29.8 Å². The second kappa shape index (κ2) is 3.78. The van der Waals surface area contributed by atoms with Crippen LogP contribution in [0.2, 0.25) is 0 Å². The monoisotopic (exact) mass is 373 g/mol. The summed E-state index contributed by atoms with van der Waals surface area (Å²) in [5.41, 5.74) is 0.412. The maximum atomic E-state index is 14.4. The number of hydrogen-bond acceptors (Lipinski definition) is 4. The highest BCUT2D eigenvalue weighted by molar-refractivity contribution is 14.1. The lowest BCUT2D eigenvalue weighted by molar-refractivity contribution is 0.0587. The lowest BCUT2D eigenvalue weighted by Gasteiger charge is -2.49. The van der Waals surface area contributed by atoms with Gasteiger partial charge in [0.15, 0.2) is 3.68 Å². The maximum absolute atomic E-state index is 14.4. The number of halogens is 2. The minimum absolute atomic E-state index is 0.416. The first kappa shape index (κ1) is 11.8. The molecule has 5 nitrogen and oxygen atoms in total. The van der Waals surface area contributed by atoms with Gasteiger partial charge in [0.1, 0.15) is 17.8 Å². The molecular formula is C12H13FIN5. The van der Waals surface area contributed by atoms with E-state index in [2.05, 4.69) is 25.2 Å². The van der Waals surface area contributed by atoms with Crippen molar-refractivity contribution in [3.05, 3.63) is 18.6 Å². The van der Waals surface area contributed by atoms with Crippen molar-refractivity contribution >= 4 is 39.4 Å². The molecule has 7 heteroatoms. The Hall–Kier alpha value is -0.960. The number of aromatic amines is 1. The molecular weight excluding hydrogens is 360 g/mol. The van der Waals surface area contributed by atoms with Crippen LogP contribution in [0.25, 0.3) is 11.0 Å². The van der Waals surface area contributed by atoms with Gasteiger partial charge in [-0.1, -0.05) is 0 Å². The molecule has 19 heavy (non-hydrogen) atoms. The highest BCUT2D eigenvalue weighted by Crippen LogP contribution is 2.47. The molecule has 1 spiro atoms. The van der Waals surface area contributed by atoms with E-state index >= 15 is 0 Å². The Balaban J connectivity index is 1.70. The van der Waals surface area contributed by atoms with Gasteiger partial charge in [-0.05, 0) is 35.1 Å². The third-order valence-corrected chi connectivity index (χ3v) is 5.66. The van der Waals surface area contributed by atoms with Crippen molar-refractivity contribution in [2.24, 2.45) is 0 Å². The highest BCUT2D eigenvalue weighted by Gasteiger charge is 2.61. The molecule has 0 radical (unpaired) electrons. The van der Waals surface area contributed by atoms with Gasteiger partial charge in [-0.2, -0.15) is 0 Å². The van der Waals surface area contributed by atoms with Gasteiger partial charge in [-0.3, -0.25) is 0 Å². The number of hydrogen-bond donors (Lipinski definition) is 2. The van der Waals surface area contributed by atoms with E-state index in [4.69, 9.17) is 0 Å². The summed E-state index contributed by atoms with van der Waals surface area (Å²) in [6, 6.07) is 1.97. The largest absolute Gasteiger partial charge is 0.354 e. The normalized spacial score (nSPS) is 34.1. The molecule has 0 aromatic carbocycles. The molecule has 2 saturated heterocycles. The summed E-state index contributed by atoms with van der Waals surface area (Å²) < 4.78 is 13.2. The number of alkyl halides is 2. The Morgan fingerprint density at radius 2 is 2.32 bits per heavy atom. The summed E-state index contributed by atoms with van der Waals surface area (Å²) in [7, 11) is 0. The molecule has 2 fully saturated rings. The Labute approximate surface area is 123 Å². The van der Waals surface area contributed by atoms with Crippen LogP contribution in [0, 0.1) is 0 Å². The zero-order valence-corrected chi connectivity index (χ0v) is 12.3. The molecule has 0 bridgehead atoms. The Morgan fingerprint density at radius 1 is 1.42 bits per heavy atom. The van der Waals surface area contributed by atoms with E-state index in [1.54, 1.807) is 6.33 Å². The average molecular weight is 373 g/mol. The van der Waals surface area contributed by atoms with Crippen molar-refractivity contribution in [2.75, 3.05) is 24.5 Å². The van der Waals surface area contributed by atoms with Gasteiger partial charge >= 0.3 is 0 Å². The molecule has 2 atom stereocenters. The van der Waals surface area contributed by atoms with Gasteiger partial charge in [-0.15, -0.1) is 0 Å². The van der Waals surface area contributed by atoms with Gasteiger partial charge in [0, 0.05) is 25.8 Å². The van der Waals surface area contributed by atoms with Crippen LogP contribution < -0.4 is 10.2 Å². The molecule has 2 aromatic rings. The van der Waals surface area contributed by atoms with E-state index in [1.807, 2.05) is 34.9 Å². The fourth-order valence-electron chi connectivity index (χ4n) is 3.02. The van der Waals surface area contributed by atoms with Crippen LogP contribution in [0.1, 0.15) is 6.42 Å². The fraction of sp³-hybridized carbons (Fsp3) is 0.500. The Bertz CT molecular complexity index is 642. The summed E-state index contributed by atoms with van der Waals surface area (Å²) >= 11 is 1.93. The summed E-state index contributed by atoms with van der Waals surface area (Å²) in [4.78, 5) is 13.8. The van der Waals surface area contributed by atoms with Crippen LogP contribution in [0.4, 0.5) is 10.2 Å². The molecule has 2 aliphatic rings. The van der Waals surface area contributed by atoms with Crippen molar-refractivity contribution in [3.8, 4) is 0 Å². The van der Waals surface area contributed by atoms with Crippen LogP contribution in [0.5, 0.6) is 0 Å². The first-order chi connectivity index (χ1) is 9.11. The number of nitrogens with zero attached hydrogens (tertiary/aromatic N) is 3. The molecule has 2 aromatic heterocycles. The molecule has 2 aliphatic heterocycles. The van der Waals surface area contributed by atoms with Crippen molar-refractivity contribution in [1.82, 2.24) is 20.3 Å². The third kappa shape index (κ3) is 1.54. The van der Waals surface area contributed by atoms with E-state index in [0.29, 0.717) is 13.1 Å². The predicted molar refractivity (Wildman–Crippen MR) is 79.3 cm³/mol. The highest BCUT2D eigenvalue weighted by atomic mass is 127. The molecule has 0 amide bonds. The molecule has 0 saturated carbocycles. The van der Waals surface area contributed by atoms with Crippen LogP contribution in [0.3, 0.4) is 0 Å². The van der Waals surface area contributed by atoms with Crippen molar-refractivity contribution in [2.45, 2.75) is 15.6 Å². The van der Waals surface area contributed by atoms with Gasteiger partial charge in [0.25, 0.3) is 0 Å². The number of nitrogens with one attached hydrogen (secondary N) is 2. The van der Waals surface area contributed by atoms with Crippen molar-refractivity contribution in [3.63, 3.8) is 0 Å². The Morgan fingerprint density at radius 3 is 3.00 bits per heavy atom. The van der Waals surface area contributed by atoms with Crippen LogP contribution in [0.15, 0.2) is 18.6 Å². The fourth-order valence-corrected chi connectivity index (χ4v) is 3.84. The molecule has 4 rings (SSSR count). The van der Waals surface area contributed by atoms with Gasteiger partial charge < -0.3 is 15.2 Å². The Kier molecular flexibility index (Phi) is 2.36. The first-order valence-electron chi connectivity index (χ1n) is 6.27. The lowest BCUT2D eigenvalue weighted by atomic mass is 9.85. The quantitative estimate of drug-likeness (QED) is 0.589. The van der Waals surface area contributed by atoms with Crippen LogP contribution in [-0.2, 0) is 0 Å². The van der Waals surface area contributed by atoms with Crippen molar-refractivity contribution in [1.29, 1.82) is 0 Å². The smallest absolute Gasteiger partial charge is 0.193 e. The zero-order chi connectivity index (χ0) is 13.1. The first-order valence-corrected chi connectivity index (χ1v) is 7.35. The standard InChI is InChI=1S/C12H13FIN5/c13-12(14)5-18-11(12)2-4-19(6-11)10-8-1-3-15-9(8)16-7-17-10/h1,3,7,18H,2,4-6H2,(H,15,16,17). The summed E-state index contributed by atoms with van der Waals surface area (Å²) in [5.74, 6) is 0.893. The van der Waals surface area contributed by atoms with Crippen molar-refractivity contribution < 1.29 is 4.39 Å². The second-order valence-electron chi connectivity index (χ2n) is 5.25. The molecule has 4 heterocycles. The maximum Gasteiger partial charge on any atom is 0.193 e. The number of rotatable bonds is 1. The van der Waals surface area contributed by atoms with Crippen LogP contribution in [-0.4, -0.2) is 43.8 Å². The predicted octanol–water partition coefficient (Wildman–Crippen LogP) is 1.61. The van der Waals surface area contributed by atoms with Gasteiger partial charge in [0.05, 0.1) is 10.9 Å². The number of anilines is 1. The number of fused-ring (bicyclic) bond motifs is 1. The van der Waals surface area contributed by atoms with Crippen LogP contribution >= 0.6 is 22.6 Å². The average Bonchev–Trinajstić information content (AvgIpc) is 3.05. The summed E-state index contributed by atoms with van der Waals surface area (Å²) in [6.45, 7) is 1.91. The number of H-pyrrole nitrogens is 1.